The number of halogens is 2. The van der Waals surface area contributed by atoms with E-state index >= 15 is 0 Å². The number of benzene rings is 1. The van der Waals surface area contributed by atoms with Crippen LogP contribution in [0.3, 0.4) is 0 Å². The van der Waals surface area contributed by atoms with Gasteiger partial charge in [-0.2, -0.15) is 0 Å². The second-order valence-electron chi connectivity index (χ2n) is 6.72. The van der Waals surface area contributed by atoms with E-state index in [0.717, 1.165) is 27.7 Å². The molecule has 0 aliphatic carbocycles. The standard InChI is InChI=1S/C21H19Cl2N3O2S/c1-14(22)20(27)25(11-18-3-2-10-28-18)9-8-17-13-29-21-24-19(12-26(17)21)15-4-6-16(23)7-5-15/h2-7,10,12-14H,8-9,11H2,1H3. The fraction of sp³-hybridized carbons (Fsp3) is 0.238. The molecule has 150 valence electrons. The fourth-order valence-corrected chi connectivity index (χ4v) is 4.30. The van der Waals surface area contributed by atoms with Gasteiger partial charge in [-0.15, -0.1) is 22.9 Å². The Labute approximate surface area is 182 Å². The first-order chi connectivity index (χ1) is 14.0. The van der Waals surface area contributed by atoms with Gasteiger partial charge < -0.3 is 9.32 Å². The number of rotatable bonds is 7. The van der Waals surface area contributed by atoms with Crippen molar-refractivity contribution in [3.63, 3.8) is 0 Å². The third kappa shape index (κ3) is 4.50. The lowest BCUT2D eigenvalue weighted by Gasteiger charge is -2.22. The summed E-state index contributed by atoms with van der Waals surface area (Å²) in [5.74, 6) is 0.626. The van der Waals surface area contributed by atoms with E-state index in [4.69, 9.17) is 32.6 Å². The molecular weight excluding hydrogens is 429 g/mol. The number of nitrogens with zero attached hydrogens (tertiary/aromatic N) is 3. The molecule has 4 aromatic rings. The van der Waals surface area contributed by atoms with E-state index < -0.39 is 5.38 Å². The van der Waals surface area contributed by atoms with Gasteiger partial charge in [0.15, 0.2) is 4.96 Å². The molecule has 0 saturated heterocycles. The van der Waals surface area contributed by atoms with Gasteiger partial charge >= 0.3 is 0 Å². The Morgan fingerprint density at radius 1 is 1.31 bits per heavy atom. The lowest BCUT2D eigenvalue weighted by atomic mass is 10.2. The Morgan fingerprint density at radius 2 is 2.10 bits per heavy atom. The van der Waals surface area contributed by atoms with Gasteiger partial charge in [0.05, 0.1) is 18.5 Å². The van der Waals surface area contributed by atoms with Crippen LogP contribution < -0.4 is 0 Å². The van der Waals surface area contributed by atoms with E-state index in [1.165, 1.54) is 0 Å². The molecular formula is C21H19Cl2N3O2S. The van der Waals surface area contributed by atoms with Gasteiger partial charge in [-0.05, 0) is 31.2 Å². The summed E-state index contributed by atoms with van der Waals surface area (Å²) >= 11 is 13.6. The summed E-state index contributed by atoms with van der Waals surface area (Å²) in [7, 11) is 0. The number of thiazole rings is 1. The minimum Gasteiger partial charge on any atom is -0.467 e. The largest absolute Gasteiger partial charge is 0.467 e. The van der Waals surface area contributed by atoms with Crippen LogP contribution in [0.2, 0.25) is 5.02 Å². The molecule has 1 atom stereocenters. The van der Waals surface area contributed by atoms with Crippen molar-refractivity contribution in [3.8, 4) is 11.3 Å². The van der Waals surface area contributed by atoms with Gasteiger partial charge in [0.1, 0.15) is 11.1 Å². The second kappa shape index (κ2) is 8.61. The first-order valence-corrected chi connectivity index (χ1v) is 10.9. The maximum absolute atomic E-state index is 12.5. The maximum atomic E-state index is 12.5. The highest BCUT2D eigenvalue weighted by atomic mass is 35.5. The highest BCUT2D eigenvalue weighted by Gasteiger charge is 2.20. The lowest BCUT2D eigenvalue weighted by molar-refractivity contribution is -0.131. The predicted octanol–water partition coefficient (Wildman–Crippen LogP) is 5.51. The highest BCUT2D eigenvalue weighted by Crippen LogP contribution is 2.25. The van der Waals surface area contributed by atoms with E-state index in [1.807, 2.05) is 42.6 Å². The second-order valence-corrected chi connectivity index (χ2v) is 8.65. The molecule has 0 N–H and O–H groups in total. The molecule has 0 saturated carbocycles. The molecule has 3 aromatic heterocycles. The molecule has 1 aromatic carbocycles. The number of aromatic nitrogens is 2. The zero-order valence-corrected chi connectivity index (χ0v) is 18.0. The Morgan fingerprint density at radius 3 is 2.79 bits per heavy atom. The molecule has 4 rings (SSSR count). The van der Waals surface area contributed by atoms with Crippen molar-refractivity contribution in [3.05, 3.63) is 70.7 Å². The Kier molecular flexibility index (Phi) is 5.94. The van der Waals surface area contributed by atoms with Gasteiger partial charge in [0, 0.05) is 40.8 Å². The zero-order valence-electron chi connectivity index (χ0n) is 15.7. The summed E-state index contributed by atoms with van der Waals surface area (Å²) in [6.45, 7) is 2.63. The van der Waals surface area contributed by atoms with Crippen LogP contribution in [0.5, 0.6) is 0 Å². The summed E-state index contributed by atoms with van der Waals surface area (Å²) in [5.41, 5.74) is 3.01. The van der Waals surface area contributed by atoms with Crippen molar-refractivity contribution >= 4 is 45.4 Å². The summed E-state index contributed by atoms with van der Waals surface area (Å²) in [4.78, 5) is 19.9. The van der Waals surface area contributed by atoms with Gasteiger partial charge in [-0.1, -0.05) is 23.7 Å². The molecule has 1 amide bonds. The average molecular weight is 448 g/mol. The monoisotopic (exact) mass is 447 g/mol. The van der Waals surface area contributed by atoms with Gasteiger partial charge in [0.2, 0.25) is 5.91 Å². The highest BCUT2D eigenvalue weighted by molar-refractivity contribution is 7.15. The van der Waals surface area contributed by atoms with Crippen LogP contribution >= 0.6 is 34.5 Å². The van der Waals surface area contributed by atoms with Crippen LogP contribution in [0.15, 0.2) is 58.7 Å². The number of fused-ring (bicyclic) bond motifs is 1. The Bertz CT molecular complexity index is 1100. The van der Waals surface area contributed by atoms with Gasteiger partial charge in [-0.25, -0.2) is 4.98 Å². The summed E-state index contributed by atoms with van der Waals surface area (Å²) in [5, 5.41) is 2.19. The van der Waals surface area contributed by atoms with Crippen molar-refractivity contribution < 1.29 is 9.21 Å². The molecule has 1 unspecified atom stereocenters. The minimum atomic E-state index is -0.586. The molecule has 0 fully saturated rings. The number of furan rings is 1. The van der Waals surface area contributed by atoms with Gasteiger partial charge in [-0.3, -0.25) is 9.20 Å². The number of hydrogen-bond donors (Lipinski definition) is 0. The summed E-state index contributed by atoms with van der Waals surface area (Å²) < 4.78 is 7.48. The predicted molar refractivity (Wildman–Crippen MR) is 117 cm³/mol. The van der Waals surface area contributed by atoms with Crippen molar-refractivity contribution in [2.45, 2.75) is 25.3 Å². The Hall–Kier alpha value is -2.28. The zero-order chi connectivity index (χ0) is 20.4. The van der Waals surface area contributed by atoms with Crippen molar-refractivity contribution in [2.24, 2.45) is 0 Å². The van der Waals surface area contributed by atoms with Crippen LogP contribution in [0, 0.1) is 0 Å². The van der Waals surface area contributed by atoms with Crippen molar-refractivity contribution in [2.75, 3.05) is 6.54 Å². The lowest BCUT2D eigenvalue weighted by Crippen LogP contribution is -2.36. The molecule has 5 nitrogen and oxygen atoms in total. The molecule has 29 heavy (non-hydrogen) atoms. The van der Waals surface area contributed by atoms with E-state index in [2.05, 4.69) is 9.78 Å². The van der Waals surface area contributed by atoms with Crippen LogP contribution in [0.25, 0.3) is 16.2 Å². The van der Waals surface area contributed by atoms with Crippen LogP contribution in [-0.4, -0.2) is 32.1 Å². The summed E-state index contributed by atoms with van der Waals surface area (Å²) in [6, 6.07) is 11.3. The molecule has 0 radical (unpaired) electrons. The van der Waals surface area contributed by atoms with Gasteiger partial charge in [0.25, 0.3) is 0 Å². The topological polar surface area (TPSA) is 50.8 Å². The third-order valence-corrected chi connectivity index (χ3v) is 5.97. The van der Waals surface area contributed by atoms with E-state index in [9.17, 15) is 4.79 Å². The fourth-order valence-electron chi connectivity index (χ4n) is 3.13. The van der Waals surface area contributed by atoms with E-state index in [-0.39, 0.29) is 5.91 Å². The minimum absolute atomic E-state index is 0.109. The first kappa shape index (κ1) is 20.0. The Balaban J connectivity index is 1.53. The first-order valence-electron chi connectivity index (χ1n) is 9.18. The van der Waals surface area contributed by atoms with E-state index in [0.29, 0.717) is 24.5 Å². The average Bonchev–Trinajstić information content (AvgIpc) is 3.43. The van der Waals surface area contributed by atoms with Crippen LogP contribution in [-0.2, 0) is 17.8 Å². The van der Waals surface area contributed by atoms with Crippen molar-refractivity contribution in [1.29, 1.82) is 0 Å². The normalized spacial score (nSPS) is 12.4. The molecule has 8 heteroatoms. The SMILES string of the molecule is CC(Cl)C(=O)N(CCc1csc2nc(-c3ccc(Cl)cc3)cn12)Cc1ccco1. The van der Waals surface area contributed by atoms with Crippen LogP contribution in [0.4, 0.5) is 0 Å². The number of hydrogen-bond acceptors (Lipinski definition) is 4. The third-order valence-electron chi connectivity index (χ3n) is 4.64. The number of amides is 1. The number of imidazole rings is 1. The summed E-state index contributed by atoms with van der Waals surface area (Å²) in [6.07, 6.45) is 4.31. The quantitative estimate of drug-likeness (QED) is 0.351. The molecule has 0 bridgehead atoms. The molecule has 3 heterocycles. The number of carbonyl (C=O) groups excluding carboxylic acids is 1. The smallest absolute Gasteiger partial charge is 0.240 e. The van der Waals surface area contributed by atoms with Crippen molar-refractivity contribution in [1.82, 2.24) is 14.3 Å². The maximum Gasteiger partial charge on any atom is 0.240 e. The number of carbonyl (C=O) groups is 1. The van der Waals surface area contributed by atoms with E-state index in [1.54, 1.807) is 29.4 Å². The number of alkyl halides is 1. The van der Waals surface area contributed by atoms with Crippen LogP contribution in [0.1, 0.15) is 18.4 Å². The molecule has 0 spiro atoms. The molecule has 0 aliphatic heterocycles. The molecule has 0 aliphatic rings.